The second kappa shape index (κ2) is 4.59. The lowest BCUT2D eigenvalue weighted by atomic mass is 9.99. The maximum absolute atomic E-state index is 4.52. The van der Waals surface area contributed by atoms with Crippen LogP contribution in [0.4, 0.5) is 0 Å². The van der Waals surface area contributed by atoms with Crippen molar-refractivity contribution in [2.75, 3.05) is 0 Å². The zero-order chi connectivity index (χ0) is 15.4. The molecule has 0 spiro atoms. The summed E-state index contributed by atoms with van der Waals surface area (Å²) in [6.45, 7) is 2.09. The van der Waals surface area contributed by atoms with Crippen molar-refractivity contribution >= 4 is 10.9 Å². The Morgan fingerprint density at radius 2 is 2.00 bits per heavy atom. The third-order valence-corrected chi connectivity index (χ3v) is 4.64. The monoisotopic (exact) mass is 303 g/mol. The Bertz CT molecular complexity index is 986. The predicted octanol–water partition coefficient (Wildman–Crippen LogP) is 4.13. The Hall–Kier alpha value is -2.82. The molecule has 1 aliphatic carbocycles. The van der Waals surface area contributed by atoms with Crippen LogP contribution in [0.2, 0.25) is 0 Å². The third-order valence-electron chi connectivity index (χ3n) is 4.64. The largest absolute Gasteiger partial charge is 0.360 e. The fourth-order valence-corrected chi connectivity index (χ4v) is 3.32. The summed E-state index contributed by atoms with van der Waals surface area (Å²) in [5, 5.41) is 16.4. The van der Waals surface area contributed by atoms with E-state index in [9.17, 15) is 0 Å². The first kappa shape index (κ1) is 12.7. The minimum atomic E-state index is 0.627. The number of hydrogen-bond donors (Lipinski definition) is 3. The molecular formula is C18H17N5. The molecule has 1 aromatic carbocycles. The molecule has 1 fully saturated rings. The number of fused-ring (bicyclic) bond motifs is 1. The maximum Gasteiger partial charge on any atom is 0.116 e. The van der Waals surface area contributed by atoms with Crippen molar-refractivity contribution in [3.63, 3.8) is 0 Å². The summed E-state index contributed by atoms with van der Waals surface area (Å²) < 4.78 is 0. The van der Waals surface area contributed by atoms with Gasteiger partial charge in [0.15, 0.2) is 0 Å². The summed E-state index contributed by atoms with van der Waals surface area (Å²) in [6, 6.07) is 10.5. The number of H-pyrrole nitrogens is 3. The lowest BCUT2D eigenvalue weighted by molar-refractivity contribution is 0.954. The van der Waals surface area contributed by atoms with Gasteiger partial charge in [-0.15, -0.1) is 0 Å². The van der Waals surface area contributed by atoms with Gasteiger partial charge in [-0.1, -0.05) is 6.07 Å². The second-order valence-electron chi connectivity index (χ2n) is 6.30. The molecule has 0 bridgehead atoms. The molecule has 3 heterocycles. The van der Waals surface area contributed by atoms with Gasteiger partial charge in [0.25, 0.3) is 0 Å². The van der Waals surface area contributed by atoms with E-state index in [4.69, 9.17) is 0 Å². The van der Waals surface area contributed by atoms with Crippen LogP contribution in [-0.4, -0.2) is 25.4 Å². The third kappa shape index (κ3) is 1.93. The molecule has 114 valence electrons. The molecule has 4 aromatic rings. The van der Waals surface area contributed by atoms with Crippen LogP contribution in [0.3, 0.4) is 0 Å². The lowest BCUT2D eigenvalue weighted by Crippen LogP contribution is -1.86. The van der Waals surface area contributed by atoms with Gasteiger partial charge in [0.1, 0.15) is 5.69 Å². The smallest absolute Gasteiger partial charge is 0.116 e. The van der Waals surface area contributed by atoms with Crippen molar-refractivity contribution in [2.45, 2.75) is 25.7 Å². The van der Waals surface area contributed by atoms with Crippen molar-refractivity contribution in [3.8, 4) is 22.5 Å². The van der Waals surface area contributed by atoms with Gasteiger partial charge >= 0.3 is 0 Å². The van der Waals surface area contributed by atoms with Crippen molar-refractivity contribution in [3.05, 3.63) is 47.9 Å². The number of hydrogen-bond acceptors (Lipinski definition) is 2. The average molecular weight is 303 g/mol. The van der Waals surface area contributed by atoms with Gasteiger partial charge in [-0.05, 0) is 49.6 Å². The molecule has 0 saturated heterocycles. The Labute approximate surface area is 133 Å². The van der Waals surface area contributed by atoms with Crippen molar-refractivity contribution < 1.29 is 0 Å². The summed E-state index contributed by atoms with van der Waals surface area (Å²) in [4.78, 5) is 3.22. The van der Waals surface area contributed by atoms with Gasteiger partial charge in [0.05, 0.1) is 16.9 Å². The Balaban J connectivity index is 1.66. The Morgan fingerprint density at radius 3 is 2.78 bits per heavy atom. The maximum atomic E-state index is 4.52. The van der Waals surface area contributed by atoms with Gasteiger partial charge in [0, 0.05) is 28.8 Å². The molecule has 5 nitrogen and oxygen atoms in total. The number of aromatic nitrogens is 5. The van der Waals surface area contributed by atoms with Crippen LogP contribution in [0.5, 0.6) is 0 Å². The number of nitrogens with zero attached hydrogens (tertiary/aromatic N) is 2. The summed E-state index contributed by atoms with van der Waals surface area (Å²) in [5.41, 5.74) is 7.85. The Morgan fingerprint density at radius 1 is 1.09 bits per heavy atom. The average Bonchev–Trinajstić information content (AvgIpc) is 2.99. The summed E-state index contributed by atoms with van der Waals surface area (Å²) in [6.07, 6.45) is 4.42. The van der Waals surface area contributed by atoms with E-state index in [-0.39, 0.29) is 0 Å². The molecule has 23 heavy (non-hydrogen) atoms. The quantitative estimate of drug-likeness (QED) is 0.532. The van der Waals surface area contributed by atoms with Gasteiger partial charge in [-0.3, -0.25) is 10.2 Å². The molecular weight excluding hydrogens is 286 g/mol. The molecule has 5 heteroatoms. The molecule has 3 N–H and O–H groups in total. The number of rotatable bonds is 3. The van der Waals surface area contributed by atoms with E-state index in [1.165, 1.54) is 29.7 Å². The summed E-state index contributed by atoms with van der Waals surface area (Å²) in [5.74, 6) is 0.627. The highest BCUT2D eigenvalue weighted by Gasteiger charge is 2.30. The van der Waals surface area contributed by atoms with Crippen LogP contribution in [-0.2, 0) is 0 Å². The van der Waals surface area contributed by atoms with E-state index in [0.717, 1.165) is 28.0 Å². The van der Waals surface area contributed by atoms with Crippen LogP contribution in [0.25, 0.3) is 33.4 Å². The summed E-state index contributed by atoms with van der Waals surface area (Å²) in [7, 11) is 0. The summed E-state index contributed by atoms with van der Waals surface area (Å²) >= 11 is 0. The van der Waals surface area contributed by atoms with E-state index in [0.29, 0.717) is 5.92 Å². The standard InChI is InChI=1S/C18H17N5/c1-10-16(17(22-20-10)11-4-5-11)12-6-7-13-15(9-12)21-23-18(13)14-3-2-8-19-14/h2-3,6-9,11,19H,4-5H2,1H3,(H,20,22)(H,21,23). The number of nitrogens with one attached hydrogen (secondary N) is 3. The lowest BCUT2D eigenvalue weighted by Gasteiger charge is -2.04. The van der Waals surface area contributed by atoms with Crippen LogP contribution < -0.4 is 0 Å². The van der Waals surface area contributed by atoms with E-state index in [2.05, 4.69) is 50.5 Å². The highest BCUT2D eigenvalue weighted by Crippen LogP contribution is 2.44. The minimum absolute atomic E-state index is 0.627. The molecule has 3 aromatic heterocycles. The zero-order valence-corrected chi connectivity index (χ0v) is 12.9. The van der Waals surface area contributed by atoms with Gasteiger partial charge in [-0.25, -0.2) is 0 Å². The van der Waals surface area contributed by atoms with Gasteiger partial charge in [0.2, 0.25) is 0 Å². The van der Waals surface area contributed by atoms with Crippen LogP contribution in [0, 0.1) is 6.92 Å². The highest BCUT2D eigenvalue weighted by atomic mass is 15.1. The first-order valence-electron chi connectivity index (χ1n) is 7.98. The molecule has 0 radical (unpaired) electrons. The van der Waals surface area contributed by atoms with Gasteiger partial charge in [-0.2, -0.15) is 10.2 Å². The highest BCUT2D eigenvalue weighted by molar-refractivity contribution is 5.94. The first-order valence-corrected chi connectivity index (χ1v) is 7.98. The molecule has 0 amide bonds. The number of aromatic amines is 3. The zero-order valence-electron chi connectivity index (χ0n) is 12.9. The first-order chi connectivity index (χ1) is 11.3. The van der Waals surface area contributed by atoms with E-state index < -0.39 is 0 Å². The molecule has 1 aliphatic rings. The topological polar surface area (TPSA) is 73.2 Å². The number of benzene rings is 1. The van der Waals surface area contributed by atoms with E-state index in [1.807, 2.05) is 18.3 Å². The molecule has 0 atom stereocenters. The van der Waals surface area contributed by atoms with Crippen LogP contribution in [0.15, 0.2) is 36.5 Å². The SMILES string of the molecule is Cc1[nH]nc(C2CC2)c1-c1ccc2c(-c3ccc[nH]3)n[nH]c2c1. The fraction of sp³-hybridized carbons (Fsp3) is 0.222. The van der Waals surface area contributed by atoms with E-state index >= 15 is 0 Å². The van der Waals surface area contributed by atoms with Crippen molar-refractivity contribution in [1.29, 1.82) is 0 Å². The Kier molecular flexibility index (Phi) is 2.53. The van der Waals surface area contributed by atoms with Gasteiger partial charge < -0.3 is 4.98 Å². The second-order valence-corrected chi connectivity index (χ2v) is 6.30. The molecule has 0 aliphatic heterocycles. The normalized spacial score (nSPS) is 14.7. The molecule has 0 unspecified atom stereocenters. The van der Waals surface area contributed by atoms with Crippen molar-refractivity contribution in [2.24, 2.45) is 0 Å². The molecule has 1 saturated carbocycles. The van der Waals surface area contributed by atoms with Crippen LogP contribution in [0.1, 0.15) is 30.1 Å². The molecule has 5 rings (SSSR count). The van der Waals surface area contributed by atoms with Crippen molar-refractivity contribution in [1.82, 2.24) is 25.4 Å². The van der Waals surface area contributed by atoms with E-state index in [1.54, 1.807) is 0 Å². The fourth-order valence-electron chi connectivity index (χ4n) is 3.32. The minimum Gasteiger partial charge on any atom is -0.360 e. The van der Waals surface area contributed by atoms with Crippen LogP contribution >= 0.6 is 0 Å². The number of aryl methyl sites for hydroxylation is 1. The predicted molar refractivity (Wildman–Crippen MR) is 90.2 cm³/mol.